The van der Waals surface area contributed by atoms with Crippen molar-refractivity contribution >= 4 is 29.3 Å². The summed E-state index contributed by atoms with van der Waals surface area (Å²) in [6.07, 6.45) is 2.17. The Kier molecular flexibility index (Phi) is 5.24. The van der Waals surface area contributed by atoms with E-state index in [1.807, 2.05) is 47.4 Å². The van der Waals surface area contributed by atoms with Crippen molar-refractivity contribution in [1.29, 1.82) is 0 Å². The van der Waals surface area contributed by atoms with E-state index in [1.165, 1.54) is 0 Å². The number of ether oxygens (including phenoxy) is 1. The van der Waals surface area contributed by atoms with Crippen molar-refractivity contribution in [2.45, 2.75) is 32.0 Å². The van der Waals surface area contributed by atoms with E-state index in [2.05, 4.69) is 15.3 Å². The van der Waals surface area contributed by atoms with Gasteiger partial charge in [0.1, 0.15) is 18.2 Å². The fourth-order valence-electron chi connectivity index (χ4n) is 4.08. The molecule has 2 aliphatic heterocycles. The molecule has 2 aliphatic rings. The minimum atomic E-state index is 0. The Labute approximate surface area is 169 Å². The number of amides is 1. The molecule has 6 nitrogen and oxygen atoms in total. The zero-order valence-electron chi connectivity index (χ0n) is 15.5. The molecule has 3 aromatic rings. The molecule has 1 amide bonds. The molecule has 0 radical (unpaired) electrons. The van der Waals surface area contributed by atoms with E-state index in [-0.39, 0.29) is 24.4 Å². The number of aromatic nitrogens is 2. The lowest BCUT2D eigenvalue weighted by atomic mass is 10.1. The zero-order valence-corrected chi connectivity index (χ0v) is 16.3. The Morgan fingerprint density at radius 2 is 2.07 bits per heavy atom. The Bertz CT molecular complexity index is 964. The van der Waals surface area contributed by atoms with Crippen molar-refractivity contribution in [2.24, 2.45) is 0 Å². The van der Waals surface area contributed by atoms with Crippen LogP contribution in [0.4, 0.5) is 0 Å². The van der Waals surface area contributed by atoms with E-state index in [0.717, 1.165) is 59.7 Å². The molecule has 28 heavy (non-hydrogen) atoms. The topological polar surface area (TPSA) is 70.2 Å². The summed E-state index contributed by atoms with van der Waals surface area (Å²) in [5.74, 6) is 1.67. The number of nitrogens with zero attached hydrogens (tertiary/aromatic N) is 2. The number of rotatable bonds is 4. The molecule has 3 heterocycles. The number of piperidine rings is 1. The first-order valence-electron chi connectivity index (χ1n) is 9.49. The summed E-state index contributed by atoms with van der Waals surface area (Å²) in [7, 11) is 0. The van der Waals surface area contributed by atoms with Gasteiger partial charge in [0.15, 0.2) is 0 Å². The highest BCUT2D eigenvalue weighted by atomic mass is 35.5. The van der Waals surface area contributed by atoms with E-state index in [0.29, 0.717) is 13.2 Å². The average molecular weight is 399 g/mol. The summed E-state index contributed by atoms with van der Waals surface area (Å²) < 4.78 is 6.06. The standard InChI is InChI=1S/C21H22N4O2.ClH/c26-21-15-6-3-9-19(16(15)12-25(21)14-5-4-10-22-11-14)27-13-20-23-17-7-1-2-8-18(17)24-20;/h1-3,6-9,14,22H,4-5,10-13H2,(H,23,24);1H. The average Bonchev–Trinajstić information content (AvgIpc) is 3.28. The molecular weight excluding hydrogens is 376 g/mol. The van der Waals surface area contributed by atoms with Crippen LogP contribution in [0, 0.1) is 0 Å². The Morgan fingerprint density at radius 1 is 1.18 bits per heavy atom. The minimum Gasteiger partial charge on any atom is -0.485 e. The molecule has 146 valence electrons. The van der Waals surface area contributed by atoms with Gasteiger partial charge in [-0.3, -0.25) is 4.79 Å². The number of carbonyl (C=O) groups is 1. The van der Waals surface area contributed by atoms with Gasteiger partial charge in [0, 0.05) is 23.7 Å². The highest BCUT2D eigenvalue weighted by Crippen LogP contribution is 2.33. The molecule has 1 saturated heterocycles. The second-order valence-corrected chi connectivity index (χ2v) is 7.20. The smallest absolute Gasteiger partial charge is 0.254 e. The van der Waals surface area contributed by atoms with Gasteiger partial charge in [-0.1, -0.05) is 18.2 Å². The Hall–Kier alpha value is -2.57. The fraction of sp³-hybridized carbons (Fsp3) is 0.333. The fourth-order valence-corrected chi connectivity index (χ4v) is 4.08. The number of fused-ring (bicyclic) bond motifs is 2. The highest BCUT2D eigenvalue weighted by molar-refractivity contribution is 5.99. The second-order valence-electron chi connectivity index (χ2n) is 7.20. The highest BCUT2D eigenvalue weighted by Gasteiger charge is 2.35. The van der Waals surface area contributed by atoms with Gasteiger partial charge in [-0.25, -0.2) is 4.98 Å². The van der Waals surface area contributed by atoms with Gasteiger partial charge in [0.25, 0.3) is 5.91 Å². The van der Waals surface area contributed by atoms with Crippen molar-refractivity contribution in [1.82, 2.24) is 20.2 Å². The van der Waals surface area contributed by atoms with E-state index >= 15 is 0 Å². The molecule has 0 saturated carbocycles. The molecule has 1 unspecified atom stereocenters. The summed E-state index contributed by atoms with van der Waals surface area (Å²) in [5.41, 5.74) is 3.69. The quantitative estimate of drug-likeness (QED) is 0.707. The number of benzene rings is 2. The van der Waals surface area contributed by atoms with Crippen LogP contribution in [0.3, 0.4) is 0 Å². The summed E-state index contributed by atoms with van der Waals surface area (Å²) in [6.45, 7) is 2.88. The molecule has 0 aliphatic carbocycles. The molecule has 7 heteroatoms. The molecule has 2 N–H and O–H groups in total. The van der Waals surface area contributed by atoms with Gasteiger partial charge in [-0.2, -0.15) is 0 Å². The number of hydrogen-bond donors (Lipinski definition) is 2. The molecular formula is C21H23ClN4O2. The zero-order chi connectivity index (χ0) is 18.2. The number of para-hydroxylation sites is 2. The van der Waals surface area contributed by atoms with Crippen LogP contribution < -0.4 is 10.1 Å². The lowest BCUT2D eigenvalue weighted by Gasteiger charge is -2.31. The van der Waals surface area contributed by atoms with Gasteiger partial charge in [0.05, 0.1) is 17.6 Å². The van der Waals surface area contributed by atoms with Crippen LogP contribution >= 0.6 is 12.4 Å². The Morgan fingerprint density at radius 3 is 2.89 bits per heavy atom. The SMILES string of the molecule is Cl.O=C1c2cccc(OCc3nc4ccccc4[nH]3)c2CN1C1CCCNC1. The molecule has 2 aromatic carbocycles. The third-order valence-corrected chi connectivity index (χ3v) is 5.47. The van der Waals surface area contributed by atoms with Crippen molar-refractivity contribution < 1.29 is 9.53 Å². The lowest BCUT2D eigenvalue weighted by molar-refractivity contribution is 0.0674. The van der Waals surface area contributed by atoms with E-state index < -0.39 is 0 Å². The number of aromatic amines is 1. The van der Waals surface area contributed by atoms with Gasteiger partial charge < -0.3 is 19.9 Å². The van der Waals surface area contributed by atoms with Crippen molar-refractivity contribution in [2.75, 3.05) is 13.1 Å². The first kappa shape index (κ1) is 18.8. The van der Waals surface area contributed by atoms with E-state index in [4.69, 9.17) is 4.74 Å². The minimum absolute atomic E-state index is 0. The van der Waals surface area contributed by atoms with Crippen LogP contribution in [-0.2, 0) is 13.2 Å². The largest absolute Gasteiger partial charge is 0.485 e. The first-order valence-corrected chi connectivity index (χ1v) is 9.49. The first-order chi connectivity index (χ1) is 13.3. The molecule has 0 bridgehead atoms. The molecule has 1 atom stereocenters. The summed E-state index contributed by atoms with van der Waals surface area (Å²) in [5, 5.41) is 3.40. The van der Waals surface area contributed by atoms with Crippen LogP contribution in [0.1, 0.15) is 34.6 Å². The number of H-pyrrole nitrogens is 1. The monoisotopic (exact) mass is 398 g/mol. The van der Waals surface area contributed by atoms with Gasteiger partial charge >= 0.3 is 0 Å². The van der Waals surface area contributed by atoms with Crippen LogP contribution in [0.5, 0.6) is 5.75 Å². The summed E-state index contributed by atoms with van der Waals surface area (Å²) in [4.78, 5) is 22.7. The van der Waals surface area contributed by atoms with Crippen LogP contribution in [-0.4, -0.2) is 39.9 Å². The number of nitrogens with one attached hydrogen (secondary N) is 2. The van der Waals surface area contributed by atoms with Gasteiger partial charge in [-0.15, -0.1) is 12.4 Å². The molecule has 0 spiro atoms. The summed E-state index contributed by atoms with van der Waals surface area (Å²) >= 11 is 0. The Balaban J connectivity index is 0.00000192. The molecule has 1 fully saturated rings. The predicted octanol–water partition coefficient (Wildman–Crippen LogP) is 3.27. The number of imidazole rings is 1. The maximum atomic E-state index is 12.9. The maximum absolute atomic E-state index is 12.9. The predicted molar refractivity (Wildman–Crippen MR) is 110 cm³/mol. The van der Waals surface area contributed by atoms with Crippen molar-refractivity contribution in [3.63, 3.8) is 0 Å². The van der Waals surface area contributed by atoms with Crippen molar-refractivity contribution in [3.05, 3.63) is 59.4 Å². The third-order valence-electron chi connectivity index (χ3n) is 5.47. The van der Waals surface area contributed by atoms with Crippen LogP contribution in [0.2, 0.25) is 0 Å². The van der Waals surface area contributed by atoms with Crippen LogP contribution in [0.25, 0.3) is 11.0 Å². The van der Waals surface area contributed by atoms with Crippen LogP contribution in [0.15, 0.2) is 42.5 Å². The summed E-state index contributed by atoms with van der Waals surface area (Å²) in [6, 6.07) is 13.9. The van der Waals surface area contributed by atoms with E-state index in [1.54, 1.807) is 0 Å². The van der Waals surface area contributed by atoms with Gasteiger partial charge in [0.2, 0.25) is 0 Å². The number of carbonyl (C=O) groups excluding carboxylic acids is 1. The van der Waals surface area contributed by atoms with Crippen molar-refractivity contribution in [3.8, 4) is 5.75 Å². The molecule has 1 aromatic heterocycles. The molecule has 5 rings (SSSR count). The van der Waals surface area contributed by atoms with Gasteiger partial charge in [-0.05, 0) is 43.7 Å². The second kappa shape index (κ2) is 7.81. The lowest BCUT2D eigenvalue weighted by Crippen LogP contribution is -2.46. The third kappa shape index (κ3) is 3.34. The van der Waals surface area contributed by atoms with E-state index in [9.17, 15) is 4.79 Å². The number of halogens is 1. The maximum Gasteiger partial charge on any atom is 0.254 e. The number of hydrogen-bond acceptors (Lipinski definition) is 4. The normalized spacial score (nSPS) is 18.8.